The molecule has 0 aliphatic heterocycles. The average Bonchev–Trinajstić information content (AvgIpc) is 2.36. The Labute approximate surface area is 107 Å². The minimum absolute atomic E-state index is 0.146. The van der Waals surface area contributed by atoms with Crippen molar-refractivity contribution < 1.29 is 19.4 Å². The molecule has 0 aromatic heterocycles. The van der Waals surface area contributed by atoms with Crippen LogP contribution in [-0.4, -0.2) is 29.1 Å². The van der Waals surface area contributed by atoms with Gasteiger partial charge in [0.15, 0.2) is 11.9 Å². The molecule has 4 heteroatoms. The first-order valence-electron chi connectivity index (χ1n) is 5.96. The monoisotopic (exact) mass is 250 g/mol. The van der Waals surface area contributed by atoms with Crippen molar-refractivity contribution in [1.82, 2.24) is 0 Å². The quantitative estimate of drug-likeness (QED) is 0.777. The van der Waals surface area contributed by atoms with Gasteiger partial charge >= 0.3 is 5.97 Å². The molecule has 2 unspecified atom stereocenters. The van der Waals surface area contributed by atoms with Crippen LogP contribution in [0.1, 0.15) is 25.8 Å². The maximum atomic E-state index is 11.7. The van der Waals surface area contributed by atoms with Crippen molar-refractivity contribution >= 4 is 11.8 Å². The molecule has 0 bridgehead atoms. The zero-order valence-corrected chi connectivity index (χ0v) is 10.6. The number of carbonyl (C=O) groups is 2. The van der Waals surface area contributed by atoms with Crippen LogP contribution in [0.25, 0.3) is 0 Å². The molecule has 0 saturated carbocycles. The zero-order valence-electron chi connectivity index (χ0n) is 10.6. The smallest absolute Gasteiger partial charge is 0.335 e. The number of ether oxygens (including phenoxy) is 1. The molecule has 0 aliphatic carbocycles. The third-order valence-electron chi connectivity index (χ3n) is 2.59. The van der Waals surface area contributed by atoms with Crippen LogP contribution >= 0.6 is 0 Å². The second kappa shape index (κ2) is 6.91. The fourth-order valence-corrected chi connectivity index (χ4v) is 1.45. The predicted octanol–water partition coefficient (Wildman–Crippen LogP) is 1.50. The van der Waals surface area contributed by atoms with E-state index in [1.165, 1.54) is 13.8 Å². The number of aliphatic hydroxyl groups excluding tert-OH is 1. The van der Waals surface area contributed by atoms with E-state index < -0.39 is 18.2 Å². The summed E-state index contributed by atoms with van der Waals surface area (Å²) >= 11 is 0. The Hall–Kier alpha value is -1.68. The first-order chi connectivity index (χ1) is 8.50. The molecular weight excluding hydrogens is 232 g/mol. The van der Waals surface area contributed by atoms with Gasteiger partial charge in [-0.05, 0) is 25.8 Å². The van der Waals surface area contributed by atoms with E-state index in [4.69, 9.17) is 9.84 Å². The van der Waals surface area contributed by atoms with Crippen LogP contribution in [0, 0.1) is 0 Å². The molecule has 0 heterocycles. The van der Waals surface area contributed by atoms with Gasteiger partial charge in [0, 0.05) is 6.42 Å². The predicted molar refractivity (Wildman–Crippen MR) is 67.0 cm³/mol. The summed E-state index contributed by atoms with van der Waals surface area (Å²) < 4.78 is 4.82. The highest BCUT2D eigenvalue weighted by atomic mass is 16.6. The molecule has 0 fully saturated rings. The number of aryl methyl sites for hydroxylation is 1. The van der Waals surface area contributed by atoms with Gasteiger partial charge in [0.05, 0.1) is 0 Å². The van der Waals surface area contributed by atoms with Gasteiger partial charge in [0.25, 0.3) is 0 Å². The van der Waals surface area contributed by atoms with Gasteiger partial charge in [-0.3, -0.25) is 4.79 Å². The molecule has 0 radical (unpaired) electrons. The summed E-state index contributed by atoms with van der Waals surface area (Å²) in [5, 5.41) is 8.97. The summed E-state index contributed by atoms with van der Waals surface area (Å²) in [6.45, 7) is 2.83. The lowest BCUT2D eigenvalue weighted by molar-refractivity contribution is -0.161. The van der Waals surface area contributed by atoms with Crippen molar-refractivity contribution in [3.05, 3.63) is 35.9 Å². The van der Waals surface area contributed by atoms with Gasteiger partial charge in [-0.25, -0.2) is 4.79 Å². The summed E-state index contributed by atoms with van der Waals surface area (Å²) in [6, 6.07) is 9.63. The number of benzene rings is 1. The summed E-state index contributed by atoms with van der Waals surface area (Å²) in [5.41, 5.74) is 1.07. The fourth-order valence-electron chi connectivity index (χ4n) is 1.45. The highest BCUT2D eigenvalue weighted by Crippen LogP contribution is 2.06. The van der Waals surface area contributed by atoms with E-state index in [1.54, 1.807) is 0 Å². The standard InChI is InChI=1S/C14H18O4/c1-10(15)14(17)18-11(2)13(16)9-8-12-6-4-3-5-7-12/h3-7,10-11,15H,8-9H2,1-2H3. The van der Waals surface area contributed by atoms with Crippen LogP contribution < -0.4 is 0 Å². The molecule has 2 atom stereocenters. The minimum Gasteiger partial charge on any atom is -0.453 e. The van der Waals surface area contributed by atoms with Crippen molar-refractivity contribution in [2.24, 2.45) is 0 Å². The number of Topliss-reactive ketones (excluding diaryl/α,β-unsaturated/α-hetero) is 1. The Balaban J connectivity index is 2.39. The first-order valence-corrected chi connectivity index (χ1v) is 5.96. The minimum atomic E-state index is -1.20. The molecule has 1 N–H and O–H groups in total. The van der Waals surface area contributed by atoms with E-state index in [-0.39, 0.29) is 5.78 Å². The molecule has 0 amide bonds. The summed E-state index contributed by atoms with van der Waals surface area (Å²) in [4.78, 5) is 22.8. The Morgan fingerprint density at radius 2 is 1.83 bits per heavy atom. The van der Waals surface area contributed by atoms with Crippen LogP contribution in [-0.2, 0) is 20.7 Å². The lowest BCUT2D eigenvalue weighted by Gasteiger charge is -2.13. The molecule has 4 nitrogen and oxygen atoms in total. The maximum Gasteiger partial charge on any atom is 0.335 e. The fraction of sp³-hybridized carbons (Fsp3) is 0.429. The van der Waals surface area contributed by atoms with E-state index in [9.17, 15) is 9.59 Å². The molecule has 0 spiro atoms. The van der Waals surface area contributed by atoms with Gasteiger partial charge in [-0.1, -0.05) is 30.3 Å². The average molecular weight is 250 g/mol. The zero-order chi connectivity index (χ0) is 13.5. The lowest BCUT2D eigenvalue weighted by Crippen LogP contribution is -2.29. The SMILES string of the molecule is CC(O)C(=O)OC(C)C(=O)CCc1ccccc1. The van der Waals surface area contributed by atoms with Gasteiger partial charge in [0.2, 0.25) is 0 Å². The molecular formula is C14H18O4. The molecule has 1 aromatic carbocycles. The second-order valence-electron chi connectivity index (χ2n) is 4.21. The molecule has 0 saturated heterocycles. The van der Waals surface area contributed by atoms with E-state index in [0.29, 0.717) is 12.8 Å². The molecule has 1 aromatic rings. The number of esters is 1. The van der Waals surface area contributed by atoms with Crippen molar-refractivity contribution in [1.29, 1.82) is 0 Å². The summed E-state index contributed by atoms with van der Waals surface area (Å²) in [6.07, 6.45) is -1.07. The van der Waals surface area contributed by atoms with Crippen LogP contribution in [0.3, 0.4) is 0 Å². The van der Waals surface area contributed by atoms with Crippen LogP contribution in [0.5, 0.6) is 0 Å². The molecule has 98 valence electrons. The van der Waals surface area contributed by atoms with E-state index in [1.807, 2.05) is 30.3 Å². The van der Waals surface area contributed by atoms with Crippen molar-refractivity contribution in [3.63, 3.8) is 0 Å². The van der Waals surface area contributed by atoms with Gasteiger partial charge in [-0.2, -0.15) is 0 Å². The Kier molecular flexibility index (Phi) is 5.52. The summed E-state index contributed by atoms with van der Waals surface area (Å²) in [5.74, 6) is -0.914. The van der Waals surface area contributed by atoms with E-state index in [0.717, 1.165) is 5.56 Å². The Morgan fingerprint density at radius 3 is 2.39 bits per heavy atom. The normalized spacial score (nSPS) is 13.7. The number of carbonyl (C=O) groups excluding carboxylic acids is 2. The number of rotatable bonds is 6. The van der Waals surface area contributed by atoms with Crippen LogP contribution in [0.4, 0.5) is 0 Å². The molecule has 0 aliphatic rings. The first kappa shape index (κ1) is 14.4. The lowest BCUT2D eigenvalue weighted by atomic mass is 10.1. The van der Waals surface area contributed by atoms with Crippen molar-refractivity contribution in [2.75, 3.05) is 0 Å². The third-order valence-corrected chi connectivity index (χ3v) is 2.59. The van der Waals surface area contributed by atoms with E-state index >= 15 is 0 Å². The number of ketones is 1. The van der Waals surface area contributed by atoms with Gasteiger partial charge in [0.1, 0.15) is 6.10 Å². The van der Waals surface area contributed by atoms with Gasteiger partial charge in [-0.15, -0.1) is 0 Å². The second-order valence-corrected chi connectivity index (χ2v) is 4.21. The summed E-state index contributed by atoms with van der Waals surface area (Å²) in [7, 11) is 0. The maximum absolute atomic E-state index is 11.7. The number of aliphatic hydroxyl groups is 1. The number of hydrogen-bond donors (Lipinski definition) is 1. The van der Waals surface area contributed by atoms with E-state index in [2.05, 4.69) is 0 Å². The van der Waals surface area contributed by atoms with Crippen LogP contribution in [0.2, 0.25) is 0 Å². The highest BCUT2D eigenvalue weighted by molar-refractivity contribution is 5.86. The molecule has 1 rings (SSSR count). The van der Waals surface area contributed by atoms with Crippen molar-refractivity contribution in [3.8, 4) is 0 Å². The molecule has 18 heavy (non-hydrogen) atoms. The third kappa shape index (κ3) is 4.67. The highest BCUT2D eigenvalue weighted by Gasteiger charge is 2.19. The Morgan fingerprint density at radius 1 is 1.22 bits per heavy atom. The van der Waals surface area contributed by atoms with Crippen molar-refractivity contribution in [2.45, 2.75) is 38.9 Å². The van der Waals surface area contributed by atoms with Gasteiger partial charge < -0.3 is 9.84 Å². The largest absolute Gasteiger partial charge is 0.453 e. The topological polar surface area (TPSA) is 63.6 Å². The number of hydrogen-bond acceptors (Lipinski definition) is 4. The Bertz CT molecular complexity index is 398. The van der Waals surface area contributed by atoms with Crippen LogP contribution in [0.15, 0.2) is 30.3 Å².